The second kappa shape index (κ2) is 8.11. The molecule has 18 heavy (non-hydrogen) atoms. The summed E-state index contributed by atoms with van der Waals surface area (Å²) in [6.07, 6.45) is 3.90. The molecule has 1 amide bonds. The number of nitrogens with one attached hydrogen (secondary N) is 1. The Morgan fingerprint density at radius 3 is 2.78 bits per heavy atom. The molecule has 0 radical (unpaired) electrons. The molecular weight excluding hydrogens is 337 g/mol. The van der Waals surface area contributed by atoms with Crippen molar-refractivity contribution in [2.24, 2.45) is 0 Å². The first-order chi connectivity index (χ1) is 8.61. The van der Waals surface area contributed by atoms with Crippen molar-refractivity contribution in [1.29, 1.82) is 0 Å². The van der Waals surface area contributed by atoms with Gasteiger partial charge >= 0.3 is 0 Å². The van der Waals surface area contributed by atoms with Gasteiger partial charge in [0, 0.05) is 10.1 Å². The van der Waals surface area contributed by atoms with E-state index < -0.39 is 0 Å². The van der Waals surface area contributed by atoms with Crippen LogP contribution in [-0.4, -0.2) is 12.5 Å². The Balaban J connectivity index is 2.35. The molecule has 0 bridgehead atoms. The fourth-order valence-electron chi connectivity index (χ4n) is 1.42. The highest BCUT2D eigenvalue weighted by molar-refractivity contribution is 14.1. The molecule has 96 valence electrons. The molecule has 2 nitrogen and oxygen atoms in total. The standard InChI is InChI=1S/C15H18INO/c1-12(2)8-4-3-7-11-17-15(18)13-9-5-6-10-14(13)16/h4-6,9-10H,3,7,11H2,1-2H3,(H,17,18). The summed E-state index contributed by atoms with van der Waals surface area (Å²) in [6, 6.07) is 7.60. The van der Waals surface area contributed by atoms with Crippen molar-refractivity contribution in [2.75, 3.05) is 6.54 Å². The first kappa shape index (κ1) is 15.0. The lowest BCUT2D eigenvalue weighted by atomic mass is 10.2. The topological polar surface area (TPSA) is 29.1 Å². The maximum Gasteiger partial charge on any atom is 0.252 e. The summed E-state index contributed by atoms with van der Waals surface area (Å²) < 4.78 is 0.983. The predicted octanol–water partition coefficient (Wildman–Crippen LogP) is 3.92. The van der Waals surface area contributed by atoms with E-state index >= 15 is 0 Å². The number of unbranched alkanes of at least 4 members (excludes halogenated alkanes) is 1. The lowest BCUT2D eigenvalue weighted by Gasteiger charge is -2.05. The van der Waals surface area contributed by atoms with Crippen LogP contribution in [0.4, 0.5) is 0 Å². The third-order valence-corrected chi connectivity index (χ3v) is 3.26. The van der Waals surface area contributed by atoms with Crippen molar-refractivity contribution >= 4 is 28.5 Å². The van der Waals surface area contributed by atoms with E-state index in [1.807, 2.05) is 44.2 Å². The quantitative estimate of drug-likeness (QED) is 0.484. The molecule has 1 aromatic rings. The van der Waals surface area contributed by atoms with Gasteiger partial charge in [0.05, 0.1) is 5.56 Å². The Kier molecular flexibility index (Phi) is 6.76. The van der Waals surface area contributed by atoms with Gasteiger partial charge in [-0.2, -0.15) is 0 Å². The molecule has 1 aromatic carbocycles. The Morgan fingerprint density at radius 2 is 2.11 bits per heavy atom. The summed E-state index contributed by atoms with van der Waals surface area (Å²) in [4.78, 5) is 11.9. The van der Waals surface area contributed by atoms with E-state index in [0.29, 0.717) is 6.54 Å². The molecule has 0 saturated heterocycles. The van der Waals surface area contributed by atoms with Crippen LogP contribution in [-0.2, 0) is 0 Å². The summed E-state index contributed by atoms with van der Waals surface area (Å²) >= 11 is 2.18. The zero-order valence-corrected chi connectivity index (χ0v) is 13.0. The molecular formula is C15H18INO. The Morgan fingerprint density at radius 1 is 1.39 bits per heavy atom. The van der Waals surface area contributed by atoms with Gasteiger partial charge < -0.3 is 5.32 Å². The van der Waals surface area contributed by atoms with Crippen LogP contribution in [0.2, 0.25) is 0 Å². The Hall–Kier alpha value is -1.06. The molecule has 0 fully saturated rings. The van der Waals surface area contributed by atoms with Crippen LogP contribution < -0.4 is 5.32 Å². The van der Waals surface area contributed by atoms with Crippen LogP contribution in [0, 0.1) is 3.57 Å². The molecule has 3 heteroatoms. The smallest absolute Gasteiger partial charge is 0.252 e. The molecule has 0 aliphatic heterocycles. The lowest BCUT2D eigenvalue weighted by Crippen LogP contribution is -2.25. The van der Waals surface area contributed by atoms with Crippen molar-refractivity contribution < 1.29 is 4.79 Å². The van der Waals surface area contributed by atoms with Crippen LogP contribution in [0.3, 0.4) is 0 Å². The van der Waals surface area contributed by atoms with Crippen molar-refractivity contribution in [2.45, 2.75) is 26.7 Å². The van der Waals surface area contributed by atoms with Crippen LogP contribution in [0.25, 0.3) is 0 Å². The molecule has 1 N–H and O–H groups in total. The molecule has 0 aliphatic rings. The Labute approximate surface area is 122 Å². The second-order valence-corrected chi connectivity index (χ2v) is 5.39. The first-order valence-electron chi connectivity index (χ1n) is 6.02. The highest BCUT2D eigenvalue weighted by Crippen LogP contribution is 2.10. The third-order valence-electron chi connectivity index (χ3n) is 2.32. The normalized spacial score (nSPS) is 9.50. The Bertz CT molecular complexity index is 469. The fourth-order valence-corrected chi connectivity index (χ4v) is 2.06. The van der Waals surface area contributed by atoms with Gasteiger partial charge in [-0.15, -0.1) is 5.73 Å². The second-order valence-electron chi connectivity index (χ2n) is 4.23. The zero-order valence-electron chi connectivity index (χ0n) is 10.8. The first-order valence-corrected chi connectivity index (χ1v) is 7.10. The van der Waals surface area contributed by atoms with E-state index in [2.05, 4.69) is 33.6 Å². The summed E-state index contributed by atoms with van der Waals surface area (Å²) in [6.45, 7) is 4.75. The van der Waals surface area contributed by atoms with E-state index in [9.17, 15) is 4.79 Å². The number of carbonyl (C=O) groups is 1. The number of carbonyl (C=O) groups excluding carboxylic acids is 1. The summed E-state index contributed by atoms with van der Waals surface area (Å²) in [5.74, 6) is 0.00573. The molecule has 1 rings (SSSR count). The van der Waals surface area contributed by atoms with Gasteiger partial charge in [-0.05, 0) is 73.1 Å². The van der Waals surface area contributed by atoms with Gasteiger partial charge in [0.15, 0.2) is 0 Å². The SMILES string of the molecule is CC(C)=C=CCCCNC(=O)c1ccccc1I. The largest absolute Gasteiger partial charge is 0.352 e. The molecule has 0 saturated carbocycles. The van der Waals surface area contributed by atoms with E-state index in [4.69, 9.17) is 0 Å². The van der Waals surface area contributed by atoms with Gasteiger partial charge in [-0.3, -0.25) is 4.79 Å². The van der Waals surface area contributed by atoms with Crippen LogP contribution in [0.15, 0.2) is 41.6 Å². The monoisotopic (exact) mass is 355 g/mol. The van der Waals surface area contributed by atoms with Crippen molar-refractivity contribution in [3.8, 4) is 0 Å². The minimum absolute atomic E-state index is 0.00573. The summed E-state index contributed by atoms with van der Waals surface area (Å²) in [5.41, 5.74) is 5.08. The molecule has 0 aliphatic carbocycles. The minimum Gasteiger partial charge on any atom is -0.352 e. The fraction of sp³-hybridized carbons (Fsp3) is 0.333. The van der Waals surface area contributed by atoms with Crippen molar-refractivity contribution in [3.63, 3.8) is 0 Å². The number of allylic oxidation sites excluding steroid dienone is 1. The van der Waals surface area contributed by atoms with Crippen molar-refractivity contribution in [3.05, 3.63) is 50.8 Å². The predicted molar refractivity (Wildman–Crippen MR) is 83.7 cm³/mol. The van der Waals surface area contributed by atoms with Gasteiger partial charge in [0.25, 0.3) is 5.91 Å². The van der Waals surface area contributed by atoms with E-state index in [-0.39, 0.29) is 5.91 Å². The number of rotatable bonds is 5. The number of amides is 1. The summed E-state index contributed by atoms with van der Waals surface area (Å²) in [7, 11) is 0. The maximum atomic E-state index is 11.9. The summed E-state index contributed by atoms with van der Waals surface area (Å²) in [5, 5.41) is 2.93. The third kappa shape index (κ3) is 5.52. The number of halogens is 1. The van der Waals surface area contributed by atoms with E-state index in [1.165, 1.54) is 5.57 Å². The average Bonchev–Trinajstić information content (AvgIpc) is 2.33. The molecule has 0 spiro atoms. The van der Waals surface area contributed by atoms with Gasteiger partial charge in [0.2, 0.25) is 0 Å². The van der Waals surface area contributed by atoms with Crippen LogP contribution >= 0.6 is 22.6 Å². The highest BCUT2D eigenvalue weighted by Gasteiger charge is 2.07. The minimum atomic E-state index is 0.00573. The molecule has 0 aromatic heterocycles. The molecule has 0 atom stereocenters. The van der Waals surface area contributed by atoms with E-state index in [0.717, 1.165) is 22.0 Å². The van der Waals surface area contributed by atoms with Crippen LogP contribution in [0.5, 0.6) is 0 Å². The lowest BCUT2D eigenvalue weighted by molar-refractivity contribution is 0.0952. The number of benzene rings is 1. The van der Waals surface area contributed by atoms with E-state index in [1.54, 1.807) is 0 Å². The van der Waals surface area contributed by atoms with Gasteiger partial charge in [0.1, 0.15) is 0 Å². The van der Waals surface area contributed by atoms with Gasteiger partial charge in [-0.25, -0.2) is 0 Å². The molecule has 0 unspecified atom stereocenters. The molecule has 0 heterocycles. The zero-order chi connectivity index (χ0) is 13.4. The number of hydrogen-bond acceptors (Lipinski definition) is 1. The van der Waals surface area contributed by atoms with Crippen molar-refractivity contribution in [1.82, 2.24) is 5.32 Å². The average molecular weight is 355 g/mol. The van der Waals surface area contributed by atoms with Crippen LogP contribution in [0.1, 0.15) is 37.0 Å². The maximum absolute atomic E-state index is 11.9. The highest BCUT2D eigenvalue weighted by atomic mass is 127. The van der Waals surface area contributed by atoms with Gasteiger partial charge in [-0.1, -0.05) is 12.1 Å². The number of hydrogen-bond donors (Lipinski definition) is 1.